The average molecular weight is 450 g/mol. The maximum Gasteiger partial charge on any atom is 0.271 e. The molecular weight excluding hydrogens is 421 g/mol. The Morgan fingerprint density at radius 1 is 1.15 bits per heavy atom. The molecule has 172 valence electrons. The third-order valence-corrected chi connectivity index (χ3v) is 7.07. The molecular formula is C26H28FN3O3. The molecule has 33 heavy (non-hydrogen) atoms. The monoisotopic (exact) mass is 449 g/mol. The van der Waals surface area contributed by atoms with Gasteiger partial charge in [0, 0.05) is 24.0 Å². The summed E-state index contributed by atoms with van der Waals surface area (Å²) in [7, 11) is 1.61. The number of fused-ring (bicyclic) bond motifs is 3. The summed E-state index contributed by atoms with van der Waals surface area (Å²) >= 11 is 0. The van der Waals surface area contributed by atoms with Gasteiger partial charge in [0.25, 0.3) is 5.91 Å². The zero-order valence-electron chi connectivity index (χ0n) is 18.9. The van der Waals surface area contributed by atoms with E-state index in [4.69, 9.17) is 4.74 Å². The van der Waals surface area contributed by atoms with Crippen LogP contribution in [0.4, 0.5) is 4.39 Å². The number of halogens is 1. The van der Waals surface area contributed by atoms with Gasteiger partial charge in [-0.05, 0) is 55.7 Å². The predicted octanol–water partition coefficient (Wildman–Crippen LogP) is 4.26. The lowest BCUT2D eigenvalue weighted by Gasteiger charge is -2.44. The molecule has 0 unspecified atom stereocenters. The van der Waals surface area contributed by atoms with E-state index in [0.29, 0.717) is 18.0 Å². The SMILES string of the molecule is COc1ccc2cc3n(c2c1)C[C@@](C)(C(=O)NC1CCCC1)N(Cc1ccc(F)cc1)C3=O. The Balaban J connectivity index is 1.58. The third kappa shape index (κ3) is 3.75. The van der Waals surface area contributed by atoms with Crippen LogP contribution in [0.5, 0.6) is 5.75 Å². The Labute approximate surface area is 192 Å². The highest BCUT2D eigenvalue weighted by atomic mass is 19.1. The summed E-state index contributed by atoms with van der Waals surface area (Å²) in [5, 5.41) is 4.12. The molecule has 1 aliphatic heterocycles. The van der Waals surface area contributed by atoms with Gasteiger partial charge in [-0.1, -0.05) is 25.0 Å². The molecule has 2 aliphatic rings. The van der Waals surface area contributed by atoms with E-state index in [0.717, 1.165) is 42.1 Å². The topological polar surface area (TPSA) is 63.6 Å². The molecule has 1 N–H and O–H groups in total. The lowest BCUT2D eigenvalue weighted by atomic mass is 9.93. The second-order valence-electron chi connectivity index (χ2n) is 9.29. The van der Waals surface area contributed by atoms with Gasteiger partial charge in [0.2, 0.25) is 5.91 Å². The fraction of sp³-hybridized carbons (Fsp3) is 0.385. The lowest BCUT2D eigenvalue weighted by molar-refractivity contribution is -0.133. The van der Waals surface area contributed by atoms with Gasteiger partial charge in [0.1, 0.15) is 22.8 Å². The number of ether oxygens (including phenoxy) is 1. The summed E-state index contributed by atoms with van der Waals surface area (Å²) in [6, 6.07) is 13.8. The van der Waals surface area contributed by atoms with Crippen LogP contribution in [0.15, 0.2) is 48.5 Å². The first-order valence-electron chi connectivity index (χ1n) is 11.4. The smallest absolute Gasteiger partial charge is 0.271 e. The summed E-state index contributed by atoms with van der Waals surface area (Å²) < 4.78 is 20.8. The minimum absolute atomic E-state index is 0.139. The Kier molecular flexibility index (Phi) is 5.35. The quantitative estimate of drug-likeness (QED) is 0.633. The number of nitrogens with zero attached hydrogens (tertiary/aromatic N) is 2. The normalized spacial score (nSPS) is 20.8. The molecule has 0 saturated heterocycles. The van der Waals surface area contributed by atoms with Crippen molar-refractivity contribution in [1.82, 2.24) is 14.8 Å². The van der Waals surface area contributed by atoms with Crippen molar-refractivity contribution in [2.24, 2.45) is 0 Å². The number of methoxy groups -OCH3 is 1. The second kappa shape index (κ2) is 8.21. The molecule has 1 aromatic heterocycles. The molecule has 3 aromatic rings. The first-order chi connectivity index (χ1) is 15.9. The maximum absolute atomic E-state index is 13.8. The molecule has 0 bridgehead atoms. The van der Waals surface area contributed by atoms with Crippen LogP contribution < -0.4 is 10.1 Å². The van der Waals surface area contributed by atoms with E-state index >= 15 is 0 Å². The third-order valence-electron chi connectivity index (χ3n) is 7.07. The van der Waals surface area contributed by atoms with Crippen molar-refractivity contribution in [2.75, 3.05) is 7.11 Å². The number of nitrogens with one attached hydrogen (secondary N) is 1. The van der Waals surface area contributed by atoms with Crippen molar-refractivity contribution >= 4 is 22.7 Å². The fourth-order valence-electron chi connectivity index (χ4n) is 5.09. The Morgan fingerprint density at radius 3 is 2.58 bits per heavy atom. The molecule has 2 aromatic carbocycles. The van der Waals surface area contributed by atoms with Crippen LogP contribution >= 0.6 is 0 Å². The predicted molar refractivity (Wildman–Crippen MR) is 124 cm³/mol. The minimum atomic E-state index is -1.10. The number of benzene rings is 2. The van der Waals surface area contributed by atoms with Crippen molar-refractivity contribution in [3.63, 3.8) is 0 Å². The van der Waals surface area contributed by atoms with Crippen molar-refractivity contribution < 1.29 is 18.7 Å². The lowest BCUT2D eigenvalue weighted by Crippen LogP contribution is -2.64. The van der Waals surface area contributed by atoms with Gasteiger partial charge in [0.05, 0.1) is 19.2 Å². The van der Waals surface area contributed by atoms with E-state index in [9.17, 15) is 14.0 Å². The molecule has 1 atom stereocenters. The molecule has 2 amide bonds. The summed E-state index contributed by atoms with van der Waals surface area (Å²) in [4.78, 5) is 29.1. The Bertz CT molecular complexity index is 1210. The first-order valence-corrected chi connectivity index (χ1v) is 11.4. The van der Waals surface area contributed by atoms with Gasteiger partial charge in [-0.25, -0.2) is 4.39 Å². The number of amides is 2. The number of hydrogen-bond donors (Lipinski definition) is 1. The number of carbonyl (C=O) groups is 2. The molecule has 0 spiro atoms. The zero-order valence-corrected chi connectivity index (χ0v) is 18.9. The highest BCUT2D eigenvalue weighted by Gasteiger charge is 2.48. The van der Waals surface area contributed by atoms with Gasteiger partial charge in [-0.2, -0.15) is 0 Å². The average Bonchev–Trinajstić information content (AvgIpc) is 3.45. The van der Waals surface area contributed by atoms with Gasteiger partial charge in [-0.15, -0.1) is 0 Å². The fourth-order valence-corrected chi connectivity index (χ4v) is 5.09. The number of aromatic nitrogens is 1. The van der Waals surface area contributed by atoms with Crippen LogP contribution in [0, 0.1) is 5.82 Å². The number of rotatable bonds is 5. The highest BCUT2D eigenvalue weighted by Crippen LogP contribution is 2.35. The number of hydrogen-bond acceptors (Lipinski definition) is 3. The molecule has 1 fully saturated rings. The van der Waals surface area contributed by atoms with Crippen LogP contribution in [0.3, 0.4) is 0 Å². The second-order valence-corrected chi connectivity index (χ2v) is 9.29. The van der Waals surface area contributed by atoms with Crippen LogP contribution in [-0.4, -0.2) is 40.0 Å². The van der Waals surface area contributed by atoms with Crippen molar-refractivity contribution in [1.29, 1.82) is 0 Å². The van der Waals surface area contributed by atoms with Crippen molar-refractivity contribution in [3.8, 4) is 5.75 Å². The molecule has 0 radical (unpaired) electrons. The van der Waals surface area contributed by atoms with Crippen molar-refractivity contribution in [2.45, 2.75) is 57.3 Å². The van der Waals surface area contributed by atoms with Crippen molar-refractivity contribution in [3.05, 3.63) is 65.6 Å². The van der Waals surface area contributed by atoms with Crippen LogP contribution in [-0.2, 0) is 17.9 Å². The van der Waals surface area contributed by atoms with E-state index < -0.39 is 5.54 Å². The van der Waals surface area contributed by atoms with Gasteiger partial charge in [-0.3, -0.25) is 9.59 Å². The summed E-state index contributed by atoms with van der Waals surface area (Å²) in [6.07, 6.45) is 4.13. The van der Waals surface area contributed by atoms with Crippen LogP contribution in [0.25, 0.3) is 10.9 Å². The Hall–Kier alpha value is -3.35. The van der Waals surface area contributed by atoms with Gasteiger partial charge < -0.3 is 19.5 Å². The van der Waals surface area contributed by atoms with E-state index in [1.165, 1.54) is 12.1 Å². The van der Waals surface area contributed by atoms with E-state index in [1.54, 1.807) is 24.1 Å². The summed E-state index contributed by atoms with van der Waals surface area (Å²) in [5.41, 5.74) is 1.07. The van der Waals surface area contributed by atoms with E-state index in [2.05, 4.69) is 5.32 Å². The van der Waals surface area contributed by atoms with Crippen LogP contribution in [0.1, 0.15) is 48.7 Å². The van der Waals surface area contributed by atoms with E-state index in [1.807, 2.05) is 35.8 Å². The Morgan fingerprint density at radius 2 is 1.88 bits per heavy atom. The maximum atomic E-state index is 13.8. The van der Waals surface area contributed by atoms with E-state index in [-0.39, 0.29) is 30.2 Å². The van der Waals surface area contributed by atoms with Gasteiger partial charge >= 0.3 is 0 Å². The summed E-state index contributed by atoms with van der Waals surface area (Å²) in [5.74, 6) is -0.00805. The molecule has 1 saturated carbocycles. The molecule has 1 aliphatic carbocycles. The minimum Gasteiger partial charge on any atom is -0.497 e. The molecule has 7 heteroatoms. The standard InChI is InChI=1S/C26H28FN3O3/c1-26(25(32)28-20-5-3-4-6-20)16-29-22-14-21(33-2)12-9-18(22)13-23(29)24(31)30(26)15-17-7-10-19(27)11-8-17/h7-14,20H,3-6,15-16H2,1-2H3,(H,28,32)/t26-/m0/s1. The highest BCUT2D eigenvalue weighted by molar-refractivity contribution is 6.03. The van der Waals surface area contributed by atoms with Gasteiger partial charge in [0.15, 0.2) is 0 Å². The molecule has 2 heterocycles. The first kappa shape index (κ1) is 21.5. The zero-order chi connectivity index (χ0) is 23.2. The molecule has 6 nitrogen and oxygen atoms in total. The number of carbonyl (C=O) groups excluding carboxylic acids is 2. The largest absolute Gasteiger partial charge is 0.497 e. The molecule has 5 rings (SSSR count). The summed E-state index contributed by atoms with van der Waals surface area (Å²) in [6.45, 7) is 2.37. The van der Waals surface area contributed by atoms with Crippen LogP contribution in [0.2, 0.25) is 0 Å².